The highest BCUT2D eigenvalue weighted by Gasteiger charge is 2.45. The molecule has 2 aromatic rings. The van der Waals surface area contributed by atoms with Gasteiger partial charge in [-0.1, -0.05) is 0 Å². The summed E-state index contributed by atoms with van der Waals surface area (Å²) >= 11 is 0. The van der Waals surface area contributed by atoms with Crippen molar-refractivity contribution in [3.05, 3.63) is 57.9 Å². The van der Waals surface area contributed by atoms with E-state index in [1.54, 1.807) is 0 Å². The predicted molar refractivity (Wildman–Crippen MR) is 137 cm³/mol. The Kier molecular flexibility index (Phi) is 4.64. The first-order valence-electron chi connectivity index (χ1n) is 13.4. The Balaban J connectivity index is 1.27. The lowest BCUT2D eigenvalue weighted by Gasteiger charge is -2.28. The van der Waals surface area contributed by atoms with Gasteiger partial charge in [-0.3, -0.25) is 0 Å². The summed E-state index contributed by atoms with van der Waals surface area (Å²) in [6.45, 7) is 4.03. The Hall–Kier alpha value is -4.30. The number of fused-ring (bicyclic) bond motifs is 6. The molecule has 6 aliphatic heterocycles. The number of benzene rings is 2. The van der Waals surface area contributed by atoms with Crippen molar-refractivity contribution in [2.75, 3.05) is 39.8 Å². The number of rotatable bonds is 1. The molecule has 190 valence electrons. The normalized spacial score (nSPS) is 24.3. The van der Waals surface area contributed by atoms with Gasteiger partial charge in [-0.15, -0.1) is 0 Å². The zero-order valence-electron chi connectivity index (χ0n) is 21.0. The molecular formula is C30H26N4O4. The van der Waals surface area contributed by atoms with E-state index >= 15 is 0 Å². The minimum atomic E-state index is 0.180. The van der Waals surface area contributed by atoms with E-state index in [1.807, 2.05) is 24.3 Å². The lowest BCUT2D eigenvalue weighted by atomic mass is 9.81. The SMILES string of the molecule is N#CC1=C2[C@H]([C@H]3CCN4CCc5cc6c(cc5C(C#N)=C34)OCO6)CCN2CCc2cc3c(cc21)OCO3. The molecule has 6 aliphatic rings. The maximum atomic E-state index is 10.5. The van der Waals surface area contributed by atoms with E-state index in [9.17, 15) is 10.5 Å². The molecule has 0 amide bonds. The molecule has 2 aromatic carbocycles. The van der Waals surface area contributed by atoms with Crippen molar-refractivity contribution in [3.63, 3.8) is 0 Å². The van der Waals surface area contributed by atoms with E-state index in [4.69, 9.17) is 18.9 Å². The maximum Gasteiger partial charge on any atom is 0.231 e. The highest BCUT2D eigenvalue weighted by atomic mass is 16.7. The van der Waals surface area contributed by atoms with Crippen molar-refractivity contribution in [1.29, 1.82) is 10.5 Å². The van der Waals surface area contributed by atoms with Crippen LogP contribution in [-0.4, -0.2) is 49.6 Å². The van der Waals surface area contributed by atoms with Gasteiger partial charge in [0.25, 0.3) is 0 Å². The van der Waals surface area contributed by atoms with Gasteiger partial charge in [-0.25, -0.2) is 0 Å². The molecule has 0 unspecified atom stereocenters. The lowest BCUT2D eigenvalue weighted by molar-refractivity contribution is 0.173. The van der Waals surface area contributed by atoms with Crippen LogP contribution in [0, 0.1) is 34.5 Å². The molecule has 0 N–H and O–H groups in total. The van der Waals surface area contributed by atoms with E-state index < -0.39 is 0 Å². The third-order valence-corrected chi connectivity index (χ3v) is 9.06. The first-order valence-corrected chi connectivity index (χ1v) is 13.4. The molecule has 0 spiro atoms. The number of hydrogen-bond acceptors (Lipinski definition) is 8. The standard InChI is InChI=1S/C30H26N4O4/c31-13-23-21-11-27-25(35-15-37-27)9-17(21)1-5-33-7-3-19(29(23)33)20-4-8-34-6-2-18-10-26-28(38-16-36-26)12-22(18)24(14-32)30(20)34/h9-12,19-20H,1-8,15-16H2/t19-,20+. The van der Waals surface area contributed by atoms with Crippen LogP contribution in [-0.2, 0) is 12.8 Å². The van der Waals surface area contributed by atoms with Crippen LogP contribution in [0.5, 0.6) is 23.0 Å². The highest BCUT2D eigenvalue weighted by Crippen LogP contribution is 2.51. The van der Waals surface area contributed by atoms with Gasteiger partial charge in [0.2, 0.25) is 13.6 Å². The molecule has 0 bridgehead atoms. The van der Waals surface area contributed by atoms with Crippen molar-refractivity contribution >= 4 is 11.1 Å². The third-order valence-electron chi connectivity index (χ3n) is 9.06. The van der Waals surface area contributed by atoms with Crippen LogP contribution in [0.1, 0.15) is 35.1 Å². The Morgan fingerprint density at radius 3 is 1.45 bits per heavy atom. The largest absolute Gasteiger partial charge is 0.454 e. The van der Waals surface area contributed by atoms with Gasteiger partial charge in [0.1, 0.15) is 12.1 Å². The van der Waals surface area contributed by atoms with E-state index in [0.717, 1.165) is 108 Å². The fourth-order valence-electron chi connectivity index (χ4n) is 7.38. The monoisotopic (exact) mass is 506 g/mol. The summed E-state index contributed by atoms with van der Waals surface area (Å²) in [5, 5.41) is 21.0. The van der Waals surface area contributed by atoms with Crippen LogP contribution in [0.25, 0.3) is 11.1 Å². The molecule has 2 saturated heterocycles. The number of allylic oxidation sites excluding steroid dienone is 4. The molecule has 0 aromatic heterocycles. The second-order valence-corrected chi connectivity index (χ2v) is 10.7. The summed E-state index contributed by atoms with van der Waals surface area (Å²) in [7, 11) is 0. The summed E-state index contributed by atoms with van der Waals surface area (Å²) in [6.07, 6.45) is 3.68. The smallest absolute Gasteiger partial charge is 0.231 e. The first kappa shape index (κ1) is 21.8. The predicted octanol–water partition coefficient (Wildman–Crippen LogP) is 4.07. The molecule has 38 heavy (non-hydrogen) atoms. The maximum absolute atomic E-state index is 10.5. The topological polar surface area (TPSA) is 91.0 Å². The van der Waals surface area contributed by atoms with E-state index in [0.29, 0.717) is 11.5 Å². The van der Waals surface area contributed by atoms with Crippen LogP contribution in [0.2, 0.25) is 0 Å². The van der Waals surface area contributed by atoms with Crippen LogP contribution >= 0.6 is 0 Å². The molecule has 8 heteroatoms. The van der Waals surface area contributed by atoms with E-state index in [-0.39, 0.29) is 25.4 Å². The fraction of sp³-hybridized carbons (Fsp3) is 0.400. The molecule has 2 fully saturated rings. The van der Waals surface area contributed by atoms with Crippen molar-refractivity contribution in [1.82, 2.24) is 9.80 Å². The highest BCUT2D eigenvalue weighted by molar-refractivity contribution is 5.85. The van der Waals surface area contributed by atoms with Crippen molar-refractivity contribution in [3.8, 4) is 35.1 Å². The molecule has 8 rings (SSSR count). The van der Waals surface area contributed by atoms with E-state index in [2.05, 4.69) is 21.9 Å². The first-order chi connectivity index (χ1) is 18.7. The zero-order valence-corrected chi connectivity index (χ0v) is 21.0. The van der Waals surface area contributed by atoms with Crippen molar-refractivity contribution < 1.29 is 18.9 Å². The molecule has 0 saturated carbocycles. The molecule has 2 atom stereocenters. The average molecular weight is 507 g/mol. The van der Waals surface area contributed by atoms with Gasteiger partial charge in [0.05, 0.1) is 11.1 Å². The van der Waals surface area contributed by atoms with Gasteiger partial charge in [-0.2, -0.15) is 10.5 Å². The van der Waals surface area contributed by atoms with Gasteiger partial charge in [-0.05, 0) is 61.1 Å². The molecule has 0 radical (unpaired) electrons. The molecule has 6 heterocycles. The number of hydrogen-bond donors (Lipinski definition) is 0. The molecular weight excluding hydrogens is 480 g/mol. The minimum absolute atomic E-state index is 0.180. The second-order valence-electron chi connectivity index (χ2n) is 10.7. The van der Waals surface area contributed by atoms with Crippen molar-refractivity contribution in [2.24, 2.45) is 11.8 Å². The van der Waals surface area contributed by atoms with Crippen LogP contribution < -0.4 is 18.9 Å². The summed E-state index contributed by atoms with van der Waals surface area (Å²) in [6, 6.07) is 13.3. The fourth-order valence-corrected chi connectivity index (χ4v) is 7.38. The summed E-state index contributed by atoms with van der Waals surface area (Å²) < 4.78 is 22.6. The van der Waals surface area contributed by atoms with Gasteiger partial charge in [0.15, 0.2) is 23.0 Å². The average Bonchev–Trinajstić information content (AvgIpc) is 3.71. The quantitative estimate of drug-likeness (QED) is 0.572. The Bertz CT molecular complexity index is 1430. The summed E-state index contributed by atoms with van der Waals surface area (Å²) in [5.74, 6) is 3.30. The van der Waals surface area contributed by atoms with Gasteiger partial charge < -0.3 is 28.7 Å². The lowest BCUT2D eigenvalue weighted by Crippen LogP contribution is -2.25. The van der Waals surface area contributed by atoms with Crippen LogP contribution in [0.15, 0.2) is 35.7 Å². The number of nitriles is 2. The zero-order chi connectivity index (χ0) is 25.4. The van der Waals surface area contributed by atoms with Gasteiger partial charge >= 0.3 is 0 Å². The second kappa shape index (κ2) is 8.10. The Morgan fingerprint density at radius 1 is 0.605 bits per heavy atom. The number of nitrogens with zero attached hydrogens (tertiary/aromatic N) is 4. The summed E-state index contributed by atoms with van der Waals surface area (Å²) in [4.78, 5) is 4.82. The Labute approximate surface area is 220 Å². The molecule has 8 nitrogen and oxygen atoms in total. The summed E-state index contributed by atoms with van der Waals surface area (Å²) in [5.41, 5.74) is 7.95. The van der Waals surface area contributed by atoms with Crippen LogP contribution in [0.3, 0.4) is 0 Å². The Morgan fingerprint density at radius 2 is 1.03 bits per heavy atom. The number of ether oxygens (including phenoxy) is 4. The molecule has 0 aliphatic carbocycles. The van der Waals surface area contributed by atoms with E-state index in [1.165, 1.54) is 0 Å². The van der Waals surface area contributed by atoms with Crippen LogP contribution in [0.4, 0.5) is 0 Å². The minimum Gasteiger partial charge on any atom is -0.454 e. The van der Waals surface area contributed by atoms with Gasteiger partial charge in [0, 0.05) is 60.5 Å². The van der Waals surface area contributed by atoms with Crippen molar-refractivity contribution in [2.45, 2.75) is 25.7 Å². The third kappa shape index (κ3) is 3.01.